The van der Waals surface area contributed by atoms with E-state index in [0.29, 0.717) is 6.61 Å². The molecule has 0 amide bonds. The zero-order chi connectivity index (χ0) is 12.9. The van der Waals surface area contributed by atoms with Gasteiger partial charge < -0.3 is 14.6 Å². The van der Waals surface area contributed by atoms with E-state index in [1.165, 1.54) is 18.4 Å². The first-order valence-electron chi connectivity index (χ1n) is 6.81. The van der Waals surface area contributed by atoms with Crippen LogP contribution in [-0.4, -0.2) is 22.2 Å². The first-order valence-corrected chi connectivity index (χ1v) is 6.81. The van der Waals surface area contributed by atoms with Crippen molar-refractivity contribution in [2.75, 3.05) is 6.61 Å². The second-order valence-corrected chi connectivity index (χ2v) is 4.91. The minimum atomic E-state index is 0.663. The van der Waals surface area contributed by atoms with E-state index in [1.54, 1.807) is 6.20 Å². The number of benzene rings is 1. The summed E-state index contributed by atoms with van der Waals surface area (Å²) in [4.78, 5) is 4.02. The van der Waals surface area contributed by atoms with Crippen molar-refractivity contribution in [1.82, 2.24) is 14.9 Å². The molecule has 0 bridgehead atoms. The number of aromatic nitrogens is 2. The monoisotopic (exact) mass is 257 g/mol. The SMILES string of the molecule is c1ccc(OCCn2ccnc2)c(CNC2CC2)c1. The van der Waals surface area contributed by atoms with Gasteiger partial charge >= 0.3 is 0 Å². The zero-order valence-corrected chi connectivity index (χ0v) is 11.0. The van der Waals surface area contributed by atoms with E-state index in [0.717, 1.165) is 24.9 Å². The van der Waals surface area contributed by atoms with Crippen molar-refractivity contribution >= 4 is 0 Å². The molecule has 1 aliphatic carbocycles. The van der Waals surface area contributed by atoms with Crippen molar-refractivity contribution in [3.05, 3.63) is 48.5 Å². The van der Waals surface area contributed by atoms with Crippen LogP contribution in [0.3, 0.4) is 0 Å². The van der Waals surface area contributed by atoms with Crippen LogP contribution in [-0.2, 0) is 13.1 Å². The lowest BCUT2D eigenvalue weighted by Crippen LogP contribution is -2.16. The Kier molecular flexibility index (Phi) is 3.79. The van der Waals surface area contributed by atoms with Gasteiger partial charge in [0.05, 0.1) is 12.9 Å². The molecule has 1 aromatic heterocycles. The highest BCUT2D eigenvalue weighted by molar-refractivity contribution is 5.33. The Morgan fingerprint density at radius 3 is 3.00 bits per heavy atom. The average Bonchev–Trinajstić information content (AvgIpc) is 3.13. The molecule has 1 aromatic carbocycles. The highest BCUT2D eigenvalue weighted by Gasteiger charge is 2.20. The van der Waals surface area contributed by atoms with E-state index in [1.807, 2.05) is 29.2 Å². The van der Waals surface area contributed by atoms with Crippen LogP contribution < -0.4 is 10.1 Å². The Bertz CT molecular complexity index is 506. The summed E-state index contributed by atoms with van der Waals surface area (Å²) in [5, 5.41) is 3.52. The summed E-state index contributed by atoms with van der Waals surface area (Å²) in [5.41, 5.74) is 1.24. The summed E-state index contributed by atoms with van der Waals surface area (Å²) < 4.78 is 7.89. The second kappa shape index (κ2) is 5.89. The molecule has 0 radical (unpaired) electrons. The molecular formula is C15H19N3O. The number of ether oxygens (including phenoxy) is 1. The van der Waals surface area contributed by atoms with E-state index in [4.69, 9.17) is 4.74 Å². The van der Waals surface area contributed by atoms with Crippen molar-refractivity contribution in [1.29, 1.82) is 0 Å². The Morgan fingerprint density at radius 1 is 1.32 bits per heavy atom. The average molecular weight is 257 g/mol. The Hall–Kier alpha value is -1.81. The molecule has 1 heterocycles. The van der Waals surface area contributed by atoms with E-state index in [-0.39, 0.29) is 0 Å². The molecule has 3 rings (SSSR count). The molecule has 4 heteroatoms. The number of rotatable bonds is 7. The molecule has 1 aliphatic rings. The molecule has 0 spiro atoms. The zero-order valence-electron chi connectivity index (χ0n) is 11.0. The number of hydrogen-bond acceptors (Lipinski definition) is 3. The molecule has 0 unspecified atom stereocenters. The number of imidazole rings is 1. The molecule has 1 fully saturated rings. The fourth-order valence-corrected chi connectivity index (χ4v) is 2.01. The van der Waals surface area contributed by atoms with Crippen molar-refractivity contribution in [2.24, 2.45) is 0 Å². The lowest BCUT2D eigenvalue weighted by atomic mass is 10.2. The van der Waals surface area contributed by atoms with E-state index >= 15 is 0 Å². The highest BCUT2D eigenvalue weighted by atomic mass is 16.5. The number of hydrogen-bond donors (Lipinski definition) is 1. The third kappa shape index (κ3) is 3.58. The fraction of sp³-hybridized carbons (Fsp3) is 0.400. The van der Waals surface area contributed by atoms with Gasteiger partial charge in [-0.15, -0.1) is 0 Å². The number of para-hydroxylation sites is 1. The molecule has 4 nitrogen and oxygen atoms in total. The molecule has 0 atom stereocenters. The normalized spacial score (nSPS) is 14.5. The molecule has 1 N–H and O–H groups in total. The molecule has 19 heavy (non-hydrogen) atoms. The van der Waals surface area contributed by atoms with Crippen molar-refractivity contribution < 1.29 is 4.74 Å². The van der Waals surface area contributed by atoms with Gasteiger partial charge in [-0.1, -0.05) is 18.2 Å². The number of nitrogens with one attached hydrogen (secondary N) is 1. The maximum Gasteiger partial charge on any atom is 0.123 e. The summed E-state index contributed by atoms with van der Waals surface area (Å²) >= 11 is 0. The van der Waals surface area contributed by atoms with Crippen LogP contribution in [0.1, 0.15) is 18.4 Å². The summed E-state index contributed by atoms with van der Waals surface area (Å²) in [5.74, 6) is 0.982. The summed E-state index contributed by atoms with van der Waals surface area (Å²) in [6, 6.07) is 8.97. The van der Waals surface area contributed by atoms with E-state index in [9.17, 15) is 0 Å². The van der Waals surface area contributed by atoms with Gasteiger partial charge in [0.15, 0.2) is 0 Å². The fourth-order valence-electron chi connectivity index (χ4n) is 2.01. The Labute approximate surface area is 113 Å². The van der Waals surface area contributed by atoms with E-state index in [2.05, 4.69) is 22.4 Å². The maximum absolute atomic E-state index is 5.87. The van der Waals surface area contributed by atoms with Crippen molar-refractivity contribution in [2.45, 2.75) is 32.0 Å². The molecule has 0 saturated heterocycles. The topological polar surface area (TPSA) is 39.1 Å². The standard InChI is InChI=1S/C15H19N3O/c1-2-4-15(13(3-1)11-17-14-5-6-14)19-10-9-18-8-7-16-12-18/h1-4,7-8,12,14,17H,5-6,9-11H2. The molecule has 2 aromatic rings. The van der Waals surface area contributed by atoms with Crippen molar-refractivity contribution in [3.63, 3.8) is 0 Å². The van der Waals surface area contributed by atoms with Gasteiger partial charge in [0.25, 0.3) is 0 Å². The largest absolute Gasteiger partial charge is 0.491 e. The van der Waals surface area contributed by atoms with Crippen LogP contribution in [0.25, 0.3) is 0 Å². The van der Waals surface area contributed by atoms with Crippen LogP contribution in [0.2, 0.25) is 0 Å². The quantitative estimate of drug-likeness (QED) is 0.826. The molecular weight excluding hydrogens is 238 g/mol. The number of nitrogens with zero attached hydrogens (tertiary/aromatic N) is 2. The molecule has 100 valence electrons. The van der Waals surface area contributed by atoms with Crippen LogP contribution in [0.15, 0.2) is 43.0 Å². The van der Waals surface area contributed by atoms with Gasteiger partial charge in [0.1, 0.15) is 12.4 Å². The second-order valence-electron chi connectivity index (χ2n) is 4.91. The minimum Gasteiger partial charge on any atom is -0.491 e. The maximum atomic E-state index is 5.87. The lowest BCUT2D eigenvalue weighted by Gasteiger charge is -2.12. The van der Waals surface area contributed by atoms with Gasteiger partial charge in [-0.25, -0.2) is 4.98 Å². The first kappa shape index (κ1) is 12.2. The van der Waals surface area contributed by atoms with Crippen LogP contribution >= 0.6 is 0 Å². The van der Waals surface area contributed by atoms with Gasteiger partial charge in [-0.3, -0.25) is 0 Å². The van der Waals surface area contributed by atoms with Gasteiger partial charge in [0, 0.05) is 30.5 Å². The van der Waals surface area contributed by atoms with Crippen LogP contribution in [0.4, 0.5) is 0 Å². The Morgan fingerprint density at radius 2 is 2.21 bits per heavy atom. The summed E-state index contributed by atoms with van der Waals surface area (Å²) in [6.45, 7) is 2.38. The summed E-state index contributed by atoms with van der Waals surface area (Å²) in [7, 11) is 0. The predicted octanol–water partition coefficient (Wildman–Crippen LogP) is 2.21. The summed E-state index contributed by atoms with van der Waals surface area (Å²) in [6.07, 6.45) is 8.16. The van der Waals surface area contributed by atoms with Gasteiger partial charge in [-0.2, -0.15) is 0 Å². The molecule has 1 saturated carbocycles. The van der Waals surface area contributed by atoms with Gasteiger partial charge in [0.2, 0.25) is 0 Å². The van der Waals surface area contributed by atoms with Crippen LogP contribution in [0.5, 0.6) is 5.75 Å². The van der Waals surface area contributed by atoms with Crippen molar-refractivity contribution in [3.8, 4) is 5.75 Å². The third-order valence-electron chi connectivity index (χ3n) is 3.30. The van der Waals surface area contributed by atoms with Crippen LogP contribution in [0, 0.1) is 0 Å². The highest BCUT2D eigenvalue weighted by Crippen LogP contribution is 2.22. The molecule has 0 aliphatic heterocycles. The smallest absolute Gasteiger partial charge is 0.123 e. The van der Waals surface area contributed by atoms with E-state index < -0.39 is 0 Å². The first-order chi connectivity index (χ1) is 9.42. The van der Waals surface area contributed by atoms with Gasteiger partial charge in [-0.05, 0) is 18.9 Å². The third-order valence-corrected chi connectivity index (χ3v) is 3.30. The Balaban J connectivity index is 1.53. The predicted molar refractivity (Wildman–Crippen MR) is 74.0 cm³/mol. The minimum absolute atomic E-state index is 0.663. The lowest BCUT2D eigenvalue weighted by molar-refractivity contribution is 0.294.